The third-order valence-corrected chi connectivity index (χ3v) is 7.08. The van der Waals surface area contributed by atoms with Crippen molar-refractivity contribution in [1.82, 2.24) is 29.2 Å². The zero-order valence-corrected chi connectivity index (χ0v) is 19.4. The summed E-state index contributed by atoms with van der Waals surface area (Å²) >= 11 is 0. The highest BCUT2D eigenvalue weighted by atomic mass is 15.3. The summed E-state index contributed by atoms with van der Waals surface area (Å²) in [6.07, 6.45) is 11.1. The lowest BCUT2D eigenvalue weighted by atomic mass is 9.91. The normalized spacial score (nSPS) is 17.1. The van der Waals surface area contributed by atoms with Gasteiger partial charge in [-0.1, -0.05) is 6.42 Å². The van der Waals surface area contributed by atoms with Gasteiger partial charge in [-0.25, -0.2) is 15.0 Å². The number of piperazine rings is 1. The summed E-state index contributed by atoms with van der Waals surface area (Å²) in [5.74, 6) is 1.03. The Kier molecular flexibility index (Phi) is 5.26. The highest BCUT2D eigenvalue weighted by Gasteiger charge is 2.27. The number of rotatable bonds is 5. The molecule has 0 radical (unpaired) electrons. The molecule has 1 saturated carbocycles. The number of fused-ring (bicyclic) bond motifs is 1. The van der Waals surface area contributed by atoms with Gasteiger partial charge in [-0.15, -0.1) is 0 Å². The number of hydrogen-bond donors (Lipinski definition) is 2. The molecule has 2 aliphatic rings. The molecule has 9 nitrogen and oxygen atoms in total. The topological polar surface area (TPSA) is 100 Å². The number of aryl methyl sites for hydroxylation is 1. The molecule has 0 bridgehead atoms. The highest BCUT2D eigenvalue weighted by molar-refractivity contribution is 5.75. The van der Waals surface area contributed by atoms with Gasteiger partial charge < -0.3 is 16.0 Å². The van der Waals surface area contributed by atoms with E-state index in [1.165, 1.54) is 31.1 Å². The molecule has 34 heavy (non-hydrogen) atoms. The smallest absolute Gasteiger partial charge is 0.180 e. The molecule has 0 unspecified atom stereocenters. The fourth-order valence-corrected chi connectivity index (χ4v) is 4.92. The third-order valence-electron chi connectivity index (χ3n) is 7.08. The number of nitrogen functional groups attached to an aromatic ring is 1. The first-order valence-corrected chi connectivity index (χ1v) is 11.9. The van der Waals surface area contributed by atoms with Gasteiger partial charge in [-0.3, -0.25) is 14.3 Å². The minimum absolute atomic E-state index is 0.364. The Morgan fingerprint density at radius 3 is 2.50 bits per heavy atom. The zero-order chi connectivity index (χ0) is 23.1. The maximum atomic E-state index is 5.87. The number of anilines is 4. The SMILES string of the molecule is Cc1c(-c2cncc(N)n2)nc(Nc2ccc(N3CCN(C4CCC4)CC3)cc2)c2nccn12. The predicted molar refractivity (Wildman–Crippen MR) is 134 cm³/mol. The molecule has 1 aliphatic carbocycles. The van der Waals surface area contributed by atoms with Gasteiger partial charge in [0.25, 0.3) is 0 Å². The molecule has 174 valence electrons. The Hall–Kier alpha value is -3.72. The van der Waals surface area contributed by atoms with Crippen LogP contribution in [0.2, 0.25) is 0 Å². The molecule has 3 aromatic heterocycles. The van der Waals surface area contributed by atoms with Gasteiger partial charge in [0.1, 0.15) is 17.2 Å². The number of nitrogens with zero attached hydrogens (tertiary/aromatic N) is 7. The van der Waals surface area contributed by atoms with Crippen LogP contribution in [-0.4, -0.2) is 61.5 Å². The van der Waals surface area contributed by atoms with E-state index in [9.17, 15) is 0 Å². The van der Waals surface area contributed by atoms with E-state index in [-0.39, 0.29) is 0 Å². The van der Waals surface area contributed by atoms with Crippen LogP contribution >= 0.6 is 0 Å². The predicted octanol–water partition coefficient (Wildman–Crippen LogP) is 3.50. The number of nitrogens with one attached hydrogen (secondary N) is 1. The molecule has 1 aliphatic heterocycles. The van der Waals surface area contributed by atoms with Gasteiger partial charge >= 0.3 is 0 Å². The van der Waals surface area contributed by atoms with Crippen LogP contribution in [-0.2, 0) is 0 Å². The lowest BCUT2D eigenvalue weighted by molar-refractivity contribution is 0.120. The molecule has 1 saturated heterocycles. The second-order valence-corrected chi connectivity index (χ2v) is 9.12. The van der Waals surface area contributed by atoms with E-state index in [1.807, 2.05) is 17.5 Å². The average molecular weight is 456 g/mol. The summed E-state index contributed by atoms with van der Waals surface area (Å²) < 4.78 is 2.01. The molecule has 3 N–H and O–H groups in total. The maximum absolute atomic E-state index is 5.87. The van der Waals surface area contributed by atoms with Gasteiger partial charge in [-0.05, 0) is 44.0 Å². The van der Waals surface area contributed by atoms with Crippen molar-refractivity contribution in [3.63, 3.8) is 0 Å². The van der Waals surface area contributed by atoms with Crippen molar-refractivity contribution in [3.05, 3.63) is 54.7 Å². The molecule has 0 amide bonds. The fraction of sp³-hybridized carbons (Fsp3) is 0.360. The van der Waals surface area contributed by atoms with Crippen molar-refractivity contribution in [2.45, 2.75) is 32.2 Å². The lowest BCUT2D eigenvalue weighted by Gasteiger charge is -2.43. The molecule has 1 aromatic carbocycles. The summed E-state index contributed by atoms with van der Waals surface area (Å²) in [7, 11) is 0. The van der Waals surface area contributed by atoms with Crippen molar-refractivity contribution in [3.8, 4) is 11.4 Å². The van der Waals surface area contributed by atoms with E-state index >= 15 is 0 Å². The van der Waals surface area contributed by atoms with Crippen molar-refractivity contribution in [2.24, 2.45) is 0 Å². The molecule has 4 heterocycles. The van der Waals surface area contributed by atoms with Crippen LogP contribution in [0.4, 0.5) is 23.0 Å². The van der Waals surface area contributed by atoms with Crippen LogP contribution in [0.3, 0.4) is 0 Å². The van der Waals surface area contributed by atoms with Crippen LogP contribution < -0.4 is 16.0 Å². The molecule has 6 rings (SSSR count). The summed E-state index contributed by atoms with van der Waals surface area (Å²) in [6.45, 7) is 6.48. The van der Waals surface area contributed by atoms with Gasteiger partial charge in [0.15, 0.2) is 11.5 Å². The first-order valence-electron chi connectivity index (χ1n) is 11.9. The van der Waals surface area contributed by atoms with Gasteiger partial charge in [-0.2, -0.15) is 0 Å². The number of aromatic nitrogens is 5. The number of benzene rings is 1. The summed E-state index contributed by atoms with van der Waals surface area (Å²) in [4.78, 5) is 23.1. The van der Waals surface area contributed by atoms with Gasteiger partial charge in [0.05, 0.1) is 12.4 Å². The van der Waals surface area contributed by atoms with Crippen LogP contribution in [0, 0.1) is 6.92 Å². The Balaban J connectivity index is 1.23. The number of hydrogen-bond acceptors (Lipinski definition) is 8. The van der Waals surface area contributed by atoms with Crippen molar-refractivity contribution < 1.29 is 0 Å². The zero-order valence-electron chi connectivity index (χ0n) is 19.4. The number of nitrogens with two attached hydrogens (primary N) is 1. The number of imidazole rings is 1. The largest absolute Gasteiger partial charge is 0.382 e. The Labute approximate surface area is 198 Å². The standard InChI is InChI=1S/C25H29N9/c1-17-23(21-15-27-16-22(26)30-21)31-24(25-28-9-10-34(17)25)29-18-5-7-20(8-6-18)33-13-11-32(12-14-33)19-3-2-4-19/h5-10,15-16,19H,2-4,11-14H2,1H3,(H2,26,30)(H,29,31). The molecular formula is C25H29N9. The van der Waals surface area contributed by atoms with Crippen LogP contribution in [0.5, 0.6) is 0 Å². The lowest BCUT2D eigenvalue weighted by Crippen LogP contribution is -2.52. The van der Waals surface area contributed by atoms with E-state index in [4.69, 9.17) is 10.7 Å². The molecule has 0 spiro atoms. The van der Waals surface area contributed by atoms with Crippen molar-refractivity contribution in [2.75, 3.05) is 42.1 Å². The third kappa shape index (κ3) is 3.81. The summed E-state index contributed by atoms with van der Waals surface area (Å²) in [5.41, 5.74) is 11.1. The van der Waals surface area contributed by atoms with Crippen LogP contribution in [0.1, 0.15) is 25.0 Å². The molecule has 9 heteroatoms. The van der Waals surface area contributed by atoms with Crippen LogP contribution in [0.25, 0.3) is 17.0 Å². The molecular weight excluding hydrogens is 426 g/mol. The first-order chi connectivity index (χ1) is 16.7. The second kappa shape index (κ2) is 8.57. The van der Waals surface area contributed by atoms with E-state index < -0.39 is 0 Å². The fourth-order valence-electron chi connectivity index (χ4n) is 4.92. The Bertz CT molecular complexity index is 1300. The Morgan fingerprint density at radius 1 is 1.00 bits per heavy atom. The van der Waals surface area contributed by atoms with Crippen molar-refractivity contribution >= 4 is 28.7 Å². The monoisotopic (exact) mass is 455 g/mol. The van der Waals surface area contributed by atoms with Gasteiger partial charge in [0, 0.05) is 61.7 Å². The van der Waals surface area contributed by atoms with E-state index in [2.05, 4.69) is 54.3 Å². The summed E-state index contributed by atoms with van der Waals surface area (Å²) in [6, 6.07) is 9.41. The highest BCUT2D eigenvalue weighted by Crippen LogP contribution is 2.29. The quantitative estimate of drug-likeness (QED) is 0.472. The minimum Gasteiger partial charge on any atom is -0.382 e. The first kappa shape index (κ1) is 20.9. The van der Waals surface area contributed by atoms with E-state index in [0.29, 0.717) is 23.0 Å². The van der Waals surface area contributed by atoms with Crippen LogP contribution in [0.15, 0.2) is 49.1 Å². The second-order valence-electron chi connectivity index (χ2n) is 9.12. The minimum atomic E-state index is 0.364. The molecule has 0 atom stereocenters. The van der Waals surface area contributed by atoms with E-state index in [0.717, 1.165) is 49.2 Å². The van der Waals surface area contributed by atoms with E-state index in [1.54, 1.807) is 12.4 Å². The maximum Gasteiger partial charge on any atom is 0.180 e. The van der Waals surface area contributed by atoms with Gasteiger partial charge in [0.2, 0.25) is 0 Å². The average Bonchev–Trinajstić information content (AvgIpc) is 3.32. The molecule has 4 aromatic rings. The molecule has 2 fully saturated rings. The Morgan fingerprint density at radius 2 is 1.79 bits per heavy atom. The summed E-state index contributed by atoms with van der Waals surface area (Å²) in [5, 5.41) is 3.45. The van der Waals surface area contributed by atoms with Crippen molar-refractivity contribution in [1.29, 1.82) is 0 Å².